The number of aliphatic hydroxyl groups is 4. The van der Waals surface area contributed by atoms with Gasteiger partial charge >= 0.3 is 0 Å². The molecular weight excluding hydrogens is 424 g/mol. The van der Waals surface area contributed by atoms with Crippen molar-refractivity contribution in [2.24, 2.45) is 50.7 Å². The van der Waals surface area contributed by atoms with Crippen LogP contribution in [0.15, 0.2) is 0 Å². The third-order valence-corrected chi connectivity index (χ3v) is 13.5. The van der Waals surface area contributed by atoms with Gasteiger partial charge in [-0.05, 0) is 129 Å². The summed E-state index contributed by atoms with van der Waals surface area (Å²) in [5, 5.41) is 43.0. The zero-order valence-electron chi connectivity index (χ0n) is 22.9. The van der Waals surface area contributed by atoms with E-state index in [2.05, 4.69) is 34.6 Å². The normalized spacial score (nSPS) is 53.2. The van der Waals surface area contributed by atoms with Crippen molar-refractivity contribution in [1.82, 2.24) is 0 Å². The smallest absolute Gasteiger partial charge is 0.0849 e. The van der Waals surface area contributed by atoms with Crippen molar-refractivity contribution >= 4 is 0 Å². The maximum atomic E-state index is 11.5. The van der Waals surface area contributed by atoms with Gasteiger partial charge in [-0.1, -0.05) is 34.6 Å². The lowest BCUT2D eigenvalue weighted by molar-refractivity contribution is -0.162. The molecule has 11 atom stereocenters. The maximum absolute atomic E-state index is 11.5. The molecule has 5 rings (SSSR count). The summed E-state index contributed by atoms with van der Waals surface area (Å²) in [4.78, 5) is 0. The van der Waals surface area contributed by atoms with E-state index >= 15 is 0 Å². The summed E-state index contributed by atoms with van der Waals surface area (Å²) in [7, 11) is 0. The Labute approximate surface area is 207 Å². The molecule has 5 aliphatic carbocycles. The van der Waals surface area contributed by atoms with Crippen molar-refractivity contribution in [2.45, 2.75) is 137 Å². The number of rotatable bonds is 5. The summed E-state index contributed by atoms with van der Waals surface area (Å²) in [6.07, 6.45) is 9.62. The van der Waals surface area contributed by atoms with Crippen LogP contribution in [0.3, 0.4) is 0 Å². The molecule has 34 heavy (non-hydrogen) atoms. The predicted octanol–water partition coefficient (Wildman–Crippen LogP) is 5.31. The molecule has 3 unspecified atom stereocenters. The van der Waals surface area contributed by atoms with Crippen LogP contribution in [0.5, 0.6) is 0 Å². The molecule has 5 fully saturated rings. The van der Waals surface area contributed by atoms with Crippen molar-refractivity contribution in [3.05, 3.63) is 0 Å². The number of aliphatic hydroxyl groups excluding tert-OH is 3. The summed E-state index contributed by atoms with van der Waals surface area (Å²) in [6, 6.07) is 0. The van der Waals surface area contributed by atoms with E-state index in [0.717, 1.165) is 19.3 Å². The zero-order chi connectivity index (χ0) is 25.1. The Morgan fingerprint density at radius 2 is 1.47 bits per heavy atom. The minimum absolute atomic E-state index is 0.0158. The highest BCUT2D eigenvalue weighted by Gasteiger charge is 2.82. The lowest BCUT2D eigenvalue weighted by Gasteiger charge is -2.63. The number of hydrogen-bond acceptors (Lipinski definition) is 4. The van der Waals surface area contributed by atoms with Gasteiger partial charge in [-0.15, -0.1) is 0 Å². The first kappa shape index (κ1) is 25.5. The van der Waals surface area contributed by atoms with Gasteiger partial charge in [0.2, 0.25) is 0 Å². The monoisotopic (exact) mass is 476 g/mol. The van der Waals surface area contributed by atoms with E-state index in [1.165, 1.54) is 38.5 Å². The van der Waals surface area contributed by atoms with Gasteiger partial charge in [0.15, 0.2) is 0 Å². The average molecular weight is 477 g/mol. The second kappa shape index (κ2) is 7.45. The average Bonchev–Trinajstić information content (AvgIpc) is 3.34. The van der Waals surface area contributed by atoms with Crippen LogP contribution in [0.25, 0.3) is 0 Å². The first-order valence-electron chi connectivity index (χ1n) is 14.3. The van der Waals surface area contributed by atoms with E-state index in [1.807, 2.05) is 0 Å². The van der Waals surface area contributed by atoms with Gasteiger partial charge in [0, 0.05) is 0 Å². The Kier molecular flexibility index (Phi) is 5.59. The van der Waals surface area contributed by atoms with Gasteiger partial charge in [-0.2, -0.15) is 0 Å². The van der Waals surface area contributed by atoms with Gasteiger partial charge in [0.25, 0.3) is 0 Å². The third kappa shape index (κ3) is 3.04. The summed E-state index contributed by atoms with van der Waals surface area (Å²) < 4.78 is 0. The van der Waals surface area contributed by atoms with Crippen molar-refractivity contribution in [1.29, 1.82) is 0 Å². The van der Waals surface area contributed by atoms with E-state index in [9.17, 15) is 20.4 Å². The molecule has 0 aliphatic heterocycles. The summed E-state index contributed by atoms with van der Waals surface area (Å²) >= 11 is 0. The predicted molar refractivity (Wildman–Crippen MR) is 135 cm³/mol. The van der Waals surface area contributed by atoms with E-state index < -0.39 is 11.7 Å². The molecule has 4 heteroatoms. The highest BCUT2D eigenvalue weighted by Crippen LogP contribution is 2.89. The molecule has 0 radical (unpaired) electrons. The Hall–Kier alpha value is -0.160. The molecule has 4 N–H and O–H groups in total. The van der Waals surface area contributed by atoms with Gasteiger partial charge in [0.1, 0.15) is 0 Å². The summed E-state index contributed by atoms with van der Waals surface area (Å²) in [5.74, 6) is 1.88. The number of fused-ring (bicyclic) bond motifs is 2. The molecule has 0 amide bonds. The number of hydrogen-bond donors (Lipinski definition) is 4. The Morgan fingerprint density at radius 3 is 2.12 bits per heavy atom. The van der Waals surface area contributed by atoms with Crippen LogP contribution < -0.4 is 0 Å². The molecule has 196 valence electrons. The quantitative estimate of drug-likeness (QED) is 0.434. The Balaban J connectivity index is 1.40. The maximum Gasteiger partial charge on any atom is 0.0849 e. The van der Waals surface area contributed by atoms with E-state index in [4.69, 9.17) is 0 Å². The minimum atomic E-state index is -1.08. The molecule has 5 saturated carbocycles. The molecular formula is C30H52O4. The fourth-order valence-electron chi connectivity index (χ4n) is 11.4. The lowest BCUT2D eigenvalue weighted by atomic mass is 9.41. The van der Waals surface area contributed by atoms with Crippen LogP contribution in [0.1, 0.15) is 113 Å². The zero-order valence-corrected chi connectivity index (χ0v) is 22.9. The van der Waals surface area contributed by atoms with Crippen molar-refractivity contribution in [3.63, 3.8) is 0 Å². The van der Waals surface area contributed by atoms with Crippen molar-refractivity contribution in [3.8, 4) is 0 Å². The largest absolute Gasteiger partial charge is 0.393 e. The van der Waals surface area contributed by atoms with Gasteiger partial charge in [-0.25, -0.2) is 0 Å². The second-order valence-electron chi connectivity index (χ2n) is 15.4. The fraction of sp³-hybridized carbons (Fsp3) is 1.00. The SMILES string of the molecule is C[C@H](CCC(O)C(C)(C)O)[C@H]1[C@@H](O)C[C@@]2(C)[C@@H]3CCC4C(C)(C)[C@@H](O)CC[C@@]45CC35CC[C@]12C. The standard InChI is InChI=1S/C30H52O4/c1-18(8-11-23(33)26(4,5)34)24-19(31)16-28(7)21-10-9-20-25(2,3)22(32)12-13-29(20)17-30(21,29)15-14-27(24,28)6/h18-24,31-34H,8-17H2,1-7H3/t18-,19+,20?,21+,22+,23?,24+,27-,28+,29-,30?/m1/s1. The molecule has 5 aliphatic rings. The third-order valence-electron chi connectivity index (χ3n) is 13.5. The molecule has 0 aromatic rings. The van der Waals surface area contributed by atoms with E-state index in [1.54, 1.807) is 13.8 Å². The topological polar surface area (TPSA) is 80.9 Å². The van der Waals surface area contributed by atoms with Crippen molar-refractivity contribution < 1.29 is 20.4 Å². The molecule has 4 nitrogen and oxygen atoms in total. The van der Waals surface area contributed by atoms with Crippen LogP contribution in [-0.4, -0.2) is 44.3 Å². The Morgan fingerprint density at radius 1 is 0.853 bits per heavy atom. The fourth-order valence-corrected chi connectivity index (χ4v) is 11.4. The van der Waals surface area contributed by atoms with Crippen LogP contribution in [0, 0.1) is 50.7 Å². The van der Waals surface area contributed by atoms with Gasteiger partial charge in [0.05, 0.1) is 23.9 Å². The lowest BCUT2D eigenvalue weighted by Crippen LogP contribution is -2.57. The summed E-state index contributed by atoms with van der Waals surface area (Å²) in [5.41, 5.74) is 0.0474. The van der Waals surface area contributed by atoms with Crippen LogP contribution in [0.4, 0.5) is 0 Å². The minimum Gasteiger partial charge on any atom is -0.393 e. The highest BCUT2D eigenvalue weighted by molar-refractivity contribution is 5.31. The molecule has 0 heterocycles. The highest BCUT2D eigenvalue weighted by atomic mass is 16.3. The van der Waals surface area contributed by atoms with E-state index in [0.29, 0.717) is 35.0 Å². The molecule has 2 spiro atoms. The van der Waals surface area contributed by atoms with Gasteiger partial charge < -0.3 is 20.4 Å². The second-order valence-corrected chi connectivity index (χ2v) is 15.4. The summed E-state index contributed by atoms with van der Waals surface area (Å²) in [6.45, 7) is 15.3. The molecule has 0 saturated heterocycles. The molecule has 0 bridgehead atoms. The van der Waals surface area contributed by atoms with Crippen molar-refractivity contribution in [2.75, 3.05) is 0 Å². The molecule has 0 aromatic carbocycles. The first-order valence-corrected chi connectivity index (χ1v) is 14.3. The Bertz CT molecular complexity index is 817. The van der Waals surface area contributed by atoms with Gasteiger partial charge in [-0.3, -0.25) is 0 Å². The molecule has 0 aromatic heterocycles. The van der Waals surface area contributed by atoms with Crippen LogP contribution in [-0.2, 0) is 0 Å². The van der Waals surface area contributed by atoms with E-state index in [-0.39, 0.29) is 34.4 Å². The van der Waals surface area contributed by atoms with Crippen LogP contribution in [0.2, 0.25) is 0 Å². The van der Waals surface area contributed by atoms with Crippen LogP contribution >= 0.6 is 0 Å². The first-order chi connectivity index (χ1) is 15.6.